The standard InChI is InChI=1S/C22H23ClF2N2O6S/c1-32-21(28)10-26-12-33-11-13-6-16(7-13)34(30,31)20-8-14(2-4-17(20)23)22(29)27-15-3-5-18(24)19(25)9-15/h2-5,8-9,13,16,26H,6-7,10-12H2,1H3,(H,27,29). The number of hydrogen-bond donors (Lipinski definition) is 2. The summed E-state index contributed by atoms with van der Waals surface area (Å²) >= 11 is 6.13. The third kappa shape index (κ3) is 6.29. The lowest BCUT2D eigenvalue weighted by molar-refractivity contribution is -0.139. The van der Waals surface area contributed by atoms with Crippen LogP contribution in [0.1, 0.15) is 23.2 Å². The van der Waals surface area contributed by atoms with E-state index < -0.39 is 38.6 Å². The highest BCUT2D eigenvalue weighted by Gasteiger charge is 2.40. The first kappa shape index (κ1) is 26.0. The van der Waals surface area contributed by atoms with E-state index in [9.17, 15) is 26.8 Å². The summed E-state index contributed by atoms with van der Waals surface area (Å²) in [7, 11) is -2.53. The first-order valence-electron chi connectivity index (χ1n) is 10.3. The van der Waals surface area contributed by atoms with Crippen molar-refractivity contribution in [2.45, 2.75) is 23.0 Å². The van der Waals surface area contributed by atoms with Crippen LogP contribution in [0.15, 0.2) is 41.3 Å². The largest absolute Gasteiger partial charge is 0.468 e. The van der Waals surface area contributed by atoms with Gasteiger partial charge in [0.05, 0.1) is 42.2 Å². The third-order valence-corrected chi connectivity index (χ3v) is 8.02. The predicted molar refractivity (Wildman–Crippen MR) is 120 cm³/mol. The maximum atomic E-state index is 13.4. The van der Waals surface area contributed by atoms with Gasteiger partial charge in [0.1, 0.15) is 0 Å². The second-order valence-electron chi connectivity index (χ2n) is 7.75. The second kappa shape index (κ2) is 11.2. The molecule has 1 saturated carbocycles. The molecule has 8 nitrogen and oxygen atoms in total. The average Bonchev–Trinajstić information content (AvgIpc) is 2.76. The van der Waals surface area contributed by atoms with Crippen LogP contribution in [-0.4, -0.2) is 52.5 Å². The lowest BCUT2D eigenvalue weighted by atomic mass is 9.85. The number of nitrogens with one attached hydrogen (secondary N) is 2. The van der Waals surface area contributed by atoms with Gasteiger partial charge in [0.2, 0.25) is 0 Å². The van der Waals surface area contributed by atoms with E-state index in [1.54, 1.807) is 0 Å². The Balaban J connectivity index is 1.58. The van der Waals surface area contributed by atoms with Gasteiger partial charge in [-0.05, 0) is 49.1 Å². The quantitative estimate of drug-likeness (QED) is 0.283. The third-order valence-electron chi connectivity index (χ3n) is 5.36. The number of rotatable bonds is 10. The normalized spacial score (nSPS) is 17.6. The van der Waals surface area contributed by atoms with E-state index in [-0.39, 0.29) is 40.4 Å². The van der Waals surface area contributed by atoms with Crippen molar-refractivity contribution in [3.8, 4) is 0 Å². The number of carbonyl (C=O) groups excluding carboxylic acids is 2. The fraction of sp³-hybridized carbons (Fsp3) is 0.364. The average molecular weight is 517 g/mol. The first-order valence-corrected chi connectivity index (χ1v) is 12.2. The van der Waals surface area contributed by atoms with E-state index in [2.05, 4.69) is 15.4 Å². The minimum absolute atomic E-state index is 0.00333. The Morgan fingerprint density at radius 3 is 2.53 bits per heavy atom. The van der Waals surface area contributed by atoms with Gasteiger partial charge >= 0.3 is 5.97 Å². The molecule has 0 unspecified atom stereocenters. The molecule has 0 aromatic heterocycles. The SMILES string of the molecule is COC(=O)CNCOCC1CC(S(=O)(=O)c2cc(C(=O)Nc3ccc(F)c(F)c3)ccc2Cl)C1. The minimum Gasteiger partial charge on any atom is -0.468 e. The van der Waals surface area contributed by atoms with Gasteiger partial charge in [-0.25, -0.2) is 17.2 Å². The number of methoxy groups -OCH3 is 1. The smallest absolute Gasteiger partial charge is 0.319 e. The summed E-state index contributed by atoms with van der Waals surface area (Å²) in [6, 6.07) is 6.70. The monoisotopic (exact) mass is 516 g/mol. The summed E-state index contributed by atoms with van der Waals surface area (Å²) in [5, 5.41) is 4.45. The van der Waals surface area contributed by atoms with Crippen molar-refractivity contribution in [2.24, 2.45) is 5.92 Å². The van der Waals surface area contributed by atoms with Gasteiger partial charge in [0.15, 0.2) is 21.5 Å². The highest BCUT2D eigenvalue weighted by molar-refractivity contribution is 7.92. The molecule has 0 bridgehead atoms. The molecular formula is C22H23ClF2N2O6S. The molecular weight excluding hydrogens is 494 g/mol. The molecule has 1 fully saturated rings. The van der Waals surface area contributed by atoms with Crippen LogP contribution in [-0.2, 0) is 24.1 Å². The minimum atomic E-state index is -3.81. The van der Waals surface area contributed by atoms with Crippen LogP contribution in [0, 0.1) is 17.6 Å². The Morgan fingerprint density at radius 2 is 1.85 bits per heavy atom. The summed E-state index contributed by atoms with van der Waals surface area (Å²) in [4.78, 5) is 23.4. The molecule has 1 aliphatic rings. The van der Waals surface area contributed by atoms with E-state index in [1.165, 1.54) is 31.4 Å². The number of amides is 1. The number of carbonyl (C=O) groups is 2. The lowest BCUT2D eigenvalue weighted by Crippen LogP contribution is -2.39. The van der Waals surface area contributed by atoms with E-state index >= 15 is 0 Å². The zero-order valence-electron chi connectivity index (χ0n) is 18.1. The summed E-state index contributed by atoms with van der Waals surface area (Å²) in [5.74, 6) is -3.27. The van der Waals surface area contributed by atoms with Crippen LogP contribution in [0.25, 0.3) is 0 Å². The lowest BCUT2D eigenvalue weighted by Gasteiger charge is -2.34. The van der Waals surface area contributed by atoms with Crippen molar-refractivity contribution in [3.63, 3.8) is 0 Å². The van der Waals surface area contributed by atoms with Gasteiger partial charge in [-0.1, -0.05) is 11.6 Å². The molecule has 1 amide bonds. The molecule has 0 saturated heterocycles. The Kier molecular flexibility index (Phi) is 8.58. The zero-order valence-corrected chi connectivity index (χ0v) is 19.7. The summed E-state index contributed by atoms with van der Waals surface area (Å²) < 4.78 is 62.5. The topological polar surface area (TPSA) is 111 Å². The first-order chi connectivity index (χ1) is 16.1. The molecule has 0 heterocycles. The van der Waals surface area contributed by atoms with Crippen molar-refractivity contribution in [1.29, 1.82) is 0 Å². The molecule has 2 aromatic carbocycles. The molecule has 2 N–H and O–H groups in total. The number of halogens is 3. The molecule has 12 heteroatoms. The van der Waals surface area contributed by atoms with Gasteiger partial charge in [0, 0.05) is 17.3 Å². The predicted octanol–water partition coefficient (Wildman–Crippen LogP) is 3.16. The van der Waals surface area contributed by atoms with Crippen LogP contribution < -0.4 is 10.6 Å². The number of hydrogen-bond acceptors (Lipinski definition) is 7. The fourth-order valence-electron chi connectivity index (χ4n) is 3.41. The summed E-state index contributed by atoms with van der Waals surface area (Å²) in [5.41, 5.74) is 0.0229. The van der Waals surface area contributed by atoms with Crippen LogP contribution in [0.3, 0.4) is 0 Å². The number of esters is 1. The van der Waals surface area contributed by atoms with E-state index in [1.807, 2.05) is 0 Å². The molecule has 0 aliphatic heterocycles. The van der Waals surface area contributed by atoms with Crippen molar-refractivity contribution in [2.75, 3.05) is 32.3 Å². The van der Waals surface area contributed by atoms with Crippen LogP contribution >= 0.6 is 11.6 Å². The Hall–Kier alpha value is -2.60. The van der Waals surface area contributed by atoms with Gasteiger partial charge in [-0.2, -0.15) is 0 Å². The highest BCUT2D eigenvalue weighted by atomic mass is 35.5. The molecule has 0 radical (unpaired) electrons. The van der Waals surface area contributed by atoms with Crippen molar-refractivity contribution in [3.05, 3.63) is 58.6 Å². The number of anilines is 1. The summed E-state index contributed by atoms with van der Waals surface area (Å²) in [6.45, 7) is 0.464. The van der Waals surface area contributed by atoms with E-state index in [4.69, 9.17) is 16.3 Å². The van der Waals surface area contributed by atoms with E-state index in [0.29, 0.717) is 19.4 Å². The molecule has 184 valence electrons. The molecule has 1 aliphatic carbocycles. The van der Waals surface area contributed by atoms with Gasteiger partial charge < -0.3 is 14.8 Å². The Labute approximate surface area is 200 Å². The van der Waals surface area contributed by atoms with Gasteiger partial charge in [-0.15, -0.1) is 0 Å². The van der Waals surface area contributed by atoms with Gasteiger partial charge in [0.25, 0.3) is 5.91 Å². The number of ether oxygens (including phenoxy) is 2. The van der Waals surface area contributed by atoms with Gasteiger partial charge in [-0.3, -0.25) is 14.9 Å². The van der Waals surface area contributed by atoms with Crippen LogP contribution in [0.2, 0.25) is 5.02 Å². The van der Waals surface area contributed by atoms with Crippen molar-refractivity contribution < 1.29 is 36.3 Å². The van der Waals surface area contributed by atoms with Crippen molar-refractivity contribution in [1.82, 2.24) is 5.32 Å². The zero-order chi connectivity index (χ0) is 24.9. The van der Waals surface area contributed by atoms with E-state index in [0.717, 1.165) is 12.1 Å². The summed E-state index contributed by atoms with van der Waals surface area (Å²) in [6.07, 6.45) is 0.724. The number of benzene rings is 2. The van der Waals surface area contributed by atoms with Crippen LogP contribution in [0.5, 0.6) is 0 Å². The Morgan fingerprint density at radius 1 is 1.12 bits per heavy atom. The van der Waals surface area contributed by atoms with Crippen molar-refractivity contribution >= 4 is 39.0 Å². The number of sulfone groups is 1. The molecule has 3 rings (SSSR count). The molecule has 0 atom stereocenters. The molecule has 0 spiro atoms. The maximum Gasteiger partial charge on any atom is 0.319 e. The fourth-order valence-corrected chi connectivity index (χ4v) is 5.89. The highest BCUT2D eigenvalue weighted by Crippen LogP contribution is 2.38. The maximum absolute atomic E-state index is 13.4. The van der Waals surface area contributed by atoms with Crippen LogP contribution in [0.4, 0.5) is 14.5 Å². The second-order valence-corrected chi connectivity index (χ2v) is 10.4. The molecule has 34 heavy (non-hydrogen) atoms. The molecule has 2 aromatic rings. The Bertz CT molecular complexity index is 1170.